The largest absolute Gasteiger partial charge is 0.392 e. The number of thiocarbonyl (C=S) groups is 1. The number of amides is 1. The lowest BCUT2D eigenvalue weighted by Gasteiger charge is -2.29. The number of anilines is 1. The van der Waals surface area contributed by atoms with Gasteiger partial charge >= 0.3 is 0 Å². The zero-order valence-corrected chi connectivity index (χ0v) is 11.5. The fourth-order valence-electron chi connectivity index (χ4n) is 1.57. The van der Waals surface area contributed by atoms with E-state index in [1.54, 1.807) is 25.8 Å². The Morgan fingerprint density at radius 3 is 2.35 bits per heavy atom. The van der Waals surface area contributed by atoms with Gasteiger partial charge in [0.15, 0.2) is 0 Å². The van der Waals surface area contributed by atoms with Gasteiger partial charge in [-0.2, -0.15) is 0 Å². The van der Waals surface area contributed by atoms with Crippen molar-refractivity contribution in [2.75, 3.05) is 11.9 Å². The second-order valence-electron chi connectivity index (χ2n) is 4.64. The molecule has 2 N–H and O–H groups in total. The van der Waals surface area contributed by atoms with E-state index < -0.39 is 5.41 Å². The molecule has 0 fully saturated rings. The van der Waals surface area contributed by atoms with E-state index in [1.165, 1.54) is 0 Å². The number of nitrogens with two attached hydrogens (primary N) is 1. The second kappa shape index (κ2) is 4.84. The van der Waals surface area contributed by atoms with Gasteiger partial charge in [0.05, 0.1) is 10.4 Å². The van der Waals surface area contributed by atoms with Crippen LogP contribution in [0, 0.1) is 12.3 Å². The van der Waals surface area contributed by atoms with Crippen LogP contribution in [0.5, 0.6) is 0 Å². The van der Waals surface area contributed by atoms with Crippen molar-refractivity contribution in [1.82, 2.24) is 0 Å². The molecule has 1 aromatic rings. The summed E-state index contributed by atoms with van der Waals surface area (Å²) in [6.45, 7) is 5.45. The van der Waals surface area contributed by atoms with Crippen LogP contribution in [0.2, 0.25) is 0 Å². The number of aryl methyl sites for hydroxylation is 1. The molecule has 1 rings (SSSR count). The van der Waals surface area contributed by atoms with E-state index in [2.05, 4.69) is 0 Å². The van der Waals surface area contributed by atoms with Crippen LogP contribution < -0.4 is 10.6 Å². The molecule has 3 nitrogen and oxygen atoms in total. The quantitative estimate of drug-likeness (QED) is 0.837. The van der Waals surface area contributed by atoms with Crippen molar-refractivity contribution in [2.45, 2.75) is 20.8 Å². The van der Waals surface area contributed by atoms with Crippen LogP contribution in [0.1, 0.15) is 19.4 Å². The number of benzene rings is 1. The Kier molecular flexibility index (Phi) is 3.88. The number of hydrogen-bond acceptors (Lipinski definition) is 2. The highest BCUT2D eigenvalue weighted by molar-refractivity contribution is 7.80. The van der Waals surface area contributed by atoms with E-state index in [9.17, 15) is 4.79 Å². The first kappa shape index (κ1) is 13.6. The average molecular weight is 250 g/mol. The van der Waals surface area contributed by atoms with E-state index in [4.69, 9.17) is 18.0 Å². The summed E-state index contributed by atoms with van der Waals surface area (Å²) in [5.41, 5.74) is 6.70. The highest BCUT2D eigenvalue weighted by atomic mass is 32.1. The molecule has 0 heterocycles. The van der Waals surface area contributed by atoms with E-state index >= 15 is 0 Å². The predicted octanol–water partition coefficient (Wildman–Crippen LogP) is 2.27. The SMILES string of the molecule is Cc1ccccc1N(C)C(=O)C(C)(C)C(N)=S. The van der Waals surface area contributed by atoms with Crippen molar-refractivity contribution in [1.29, 1.82) is 0 Å². The van der Waals surface area contributed by atoms with Gasteiger partial charge in [-0.05, 0) is 32.4 Å². The molecule has 0 aromatic heterocycles. The Labute approximate surface area is 108 Å². The van der Waals surface area contributed by atoms with Crippen LogP contribution in [0.15, 0.2) is 24.3 Å². The maximum atomic E-state index is 12.3. The first-order chi connectivity index (χ1) is 7.78. The summed E-state index contributed by atoms with van der Waals surface area (Å²) in [4.78, 5) is 14.1. The van der Waals surface area contributed by atoms with Gasteiger partial charge in [-0.3, -0.25) is 4.79 Å². The molecule has 0 saturated carbocycles. The van der Waals surface area contributed by atoms with Crippen LogP contribution in [-0.4, -0.2) is 17.9 Å². The molecular weight excluding hydrogens is 232 g/mol. The smallest absolute Gasteiger partial charge is 0.239 e. The van der Waals surface area contributed by atoms with Crippen LogP contribution >= 0.6 is 12.2 Å². The van der Waals surface area contributed by atoms with Gasteiger partial charge in [0.2, 0.25) is 5.91 Å². The van der Waals surface area contributed by atoms with Gasteiger partial charge in [-0.1, -0.05) is 30.4 Å². The van der Waals surface area contributed by atoms with Crippen molar-refractivity contribution in [2.24, 2.45) is 11.1 Å². The topological polar surface area (TPSA) is 46.3 Å². The zero-order valence-electron chi connectivity index (χ0n) is 10.7. The Morgan fingerprint density at radius 1 is 1.35 bits per heavy atom. The van der Waals surface area contributed by atoms with Crippen LogP contribution in [0.25, 0.3) is 0 Å². The fraction of sp³-hybridized carbons (Fsp3) is 0.385. The predicted molar refractivity (Wildman–Crippen MR) is 75.2 cm³/mol. The summed E-state index contributed by atoms with van der Waals surface area (Å²) in [5.74, 6) is -0.0979. The van der Waals surface area contributed by atoms with E-state index in [0.717, 1.165) is 11.3 Å². The monoisotopic (exact) mass is 250 g/mol. The number of carbonyl (C=O) groups excluding carboxylic acids is 1. The molecule has 0 aliphatic heterocycles. The van der Waals surface area contributed by atoms with E-state index in [1.807, 2.05) is 31.2 Å². The van der Waals surface area contributed by atoms with Crippen molar-refractivity contribution in [3.05, 3.63) is 29.8 Å². The van der Waals surface area contributed by atoms with Crippen molar-refractivity contribution in [3.63, 3.8) is 0 Å². The number of para-hydroxylation sites is 1. The zero-order chi connectivity index (χ0) is 13.2. The van der Waals surface area contributed by atoms with Crippen molar-refractivity contribution >= 4 is 28.8 Å². The molecule has 0 aliphatic rings. The summed E-state index contributed by atoms with van der Waals surface area (Å²) in [6, 6.07) is 7.71. The maximum Gasteiger partial charge on any atom is 0.239 e. The third kappa shape index (κ3) is 2.64. The van der Waals surface area contributed by atoms with Gasteiger partial charge in [0.1, 0.15) is 0 Å². The van der Waals surface area contributed by atoms with Gasteiger partial charge in [0.25, 0.3) is 0 Å². The number of nitrogens with zero attached hydrogens (tertiary/aromatic N) is 1. The molecule has 0 unspecified atom stereocenters. The minimum Gasteiger partial charge on any atom is -0.392 e. The molecule has 0 atom stereocenters. The number of carbonyl (C=O) groups is 1. The molecule has 92 valence electrons. The van der Waals surface area contributed by atoms with Crippen LogP contribution in [0.4, 0.5) is 5.69 Å². The lowest BCUT2D eigenvalue weighted by atomic mass is 9.91. The number of rotatable bonds is 3. The van der Waals surface area contributed by atoms with Crippen molar-refractivity contribution in [3.8, 4) is 0 Å². The molecule has 0 bridgehead atoms. The highest BCUT2D eigenvalue weighted by Crippen LogP contribution is 2.25. The summed E-state index contributed by atoms with van der Waals surface area (Å²) in [7, 11) is 1.74. The molecule has 17 heavy (non-hydrogen) atoms. The minimum atomic E-state index is -0.827. The summed E-state index contributed by atoms with van der Waals surface area (Å²) in [6.07, 6.45) is 0. The highest BCUT2D eigenvalue weighted by Gasteiger charge is 2.34. The second-order valence-corrected chi connectivity index (χ2v) is 5.08. The molecule has 4 heteroatoms. The third-order valence-corrected chi connectivity index (χ3v) is 3.44. The Hall–Kier alpha value is -1.42. The van der Waals surface area contributed by atoms with Gasteiger partial charge in [-0.15, -0.1) is 0 Å². The minimum absolute atomic E-state index is 0.0979. The molecular formula is C13H18N2OS. The van der Waals surface area contributed by atoms with Gasteiger partial charge in [0, 0.05) is 12.7 Å². The summed E-state index contributed by atoms with van der Waals surface area (Å²) >= 11 is 4.94. The molecule has 1 amide bonds. The number of hydrogen-bond donors (Lipinski definition) is 1. The normalized spacial score (nSPS) is 11.1. The fourth-order valence-corrected chi connectivity index (χ4v) is 1.66. The average Bonchev–Trinajstić information content (AvgIpc) is 2.27. The van der Waals surface area contributed by atoms with Crippen LogP contribution in [0.3, 0.4) is 0 Å². The Balaban J connectivity index is 3.07. The third-order valence-electron chi connectivity index (χ3n) is 2.93. The van der Waals surface area contributed by atoms with E-state index in [-0.39, 0.29) is 10.9 Å². The van der Waals surface area contributed by atoms with Gasteiger partial charge in [-0.25, -0.2) is 0 Å². The Bertz CT molecular complexity index is 454. The summed E-state index contributed by atoms with van der Waals surface area (Å²) in [5, 5.41) is 0. The van der Waals surface area contributed by atoms with E-state index in [0.29, 0.717) is 0 Å². The lowest BCUT2D eigenvalue weighted by Crippen LogP contribution is -2.46. The molecule has 0 aliphatic carbocycles. The lowest BCUT2D eigenvalue weighted by molar-refractivity contribution is -0.123. The molecule has 0 spiro atoms. The summed E-state index contributed by atoms with van der Waals surface area (Å²) < 4.78 is 0. The van der Waals surface area contributed by atoms with Gasteiger partial charge < -0.3 is 10.6 Å². The Morgan fingerprint density at radius 2 is 1.88 bits per heavy atom. The molecule has 1 aromatic carbocycles. The molecule has 0 saturated heterocycles. The van der Waals surface area contributed by atoms with Crippen molar-refractivity contribution < 1.29 is 4.79 Å². The van der Waals surface area contributed by atoms with Crippen LogP contribution in [-0.2, 0) is 4.79 Å². The maximum absolute atomic E-state index is 12.3. The molecule has 0 radical (unpaired) electrons. The first-order valence-corrected chi connectivity index (χ1v) is 5.83. The first-order valence-electron chi connectivity index (χ1n) is 5.42. The standard InChI is InChI=1S/C13H18N2OS/c1-9-7-5-6-8-10(9)15(4)12(16)13(2,3)11(14)17/h5-8H,1-4H3,(H2,14,17).